The summed E-state index contributed by atoms with van der Waals surface area (Å²) in [5.74, 6) is 0. The Labute approximate surface area is 76.9 Å². The first-order valence-corrected chi connectivity index (χ1v) is 6.52. The summed E-state index contributed by atoms with van der Waals surface area (Å²) in [6.45, 7) is 6.63. The largest absolute Gasteiger partial charge is 0.319 e. The first kappa shape index (κ1) is 11.4. The zero-order valence-corrected chi connectivity index (χ0v) is 9.88. The number of rotatable bonds is 5. The maximum absolute atomic E-state index is 5.89. The Morgan fingerprint density at radius 3 is 1.73 bits per heavy atom. The van der Waals surface area contributed by atoms with Crippen molar-refractivity contribution in [3.63, 3.8) is 0 Å². The van der Waals surface area contributed by atoms with Gasteiger partial charge >= 0.3 is 0 Å². The van der Waals surface area contributed by atoms with Crippen molar-refractivity contribution in [2.24, 2.45) is 0 Å². The lowest BCUT2D eigenvalue weighted by Gasteiger charge is -2.31. The van der Waals surface area contributed by atoms with Crippen LogP contribution in [-0.2, 0) is 0 Å². The van der Waals surface area contributed by atoms with Crippen molar-refractivity contribution in [2.45, 2.75) is 13.8 Å². The molecule has 0 radical (unpaired) electrons. The molecule has 0 rings (SSSR count). The Morgan fingerprint density at radius 2 is 1.64 bits per heavy atom. The van der Waals surface area contributed by atoms with Gasteiger partial charge < -0.3 is 9.13 Å². The normalized spacial score (nSPS) is 14.5. The first-order chi connectivity index (χ1) is 5.17. The van der Waals surface area contributed by atoms with E-state index in [1.165, 1.54) is 0 Å². The van der Waals surface area contributed by atoms with Gasteiger partial charge in [-0.1, -0.05) is 13.8 Å². The second kappa shape index (κ2) is 6.00. The summed E-state index contributed by atoms with van der Waals surface area (Å²) < 4.78 is 4.77. The van der Waals surface area contributed by atoms with Crippen LogP contribution in [0, 0.1) is 0 Å². The smallest absolute Gasteiger partial charge is 0.204 e. The highest BCUT2D eigenvalue weighted by atomic mass is 35.5. The third-order valence-corrected chi connectivity index (χ3v) is 5.84. The zero-order valence-electron chi connectivity index (χ0n) is 7.97. The lowest BCUT2D eigenvalue weighted by Crippen LogP contribution is -2.51. The number of nitrogens with zero attached hydrogens (tertiary/aromatic N) is 2. The van der Waals surface area contributed by atoms with Crippen molar-refractivity contribution in [1.82, 2.24) is 9.13 Å². The SMILES string of the molecule is CCN(CC)[SiH](CCl)N(C)C. The Balaban J connectivity index is 3.98. The Kier molecular flexibility index (Phi) is 6.23. The summed E-state index contributed by atoms with van der Waals surface area (Å²) in [4.78, 5) is 0. The molecular weight excluding hydrogens is 176 g/mol. The van der Waals surface area contributed by atoms with Crippen LogP contribution in [0.15, 0.2) is 0 Å². The molecule has 1 atom stereocenters. The summed E-state index contributed by atoms with van der Waals surface area (Å²) in [5.41, 5.74) is 0.814. The standard InChI is InChI=1S/C7H19ClN2Si/c1-5-10(6-2)11(7-8)9(3)4/h11H,5-7H2,1-4H3. The van der Waals surface area contributed by atoms with Gasteiger partial charge in [-0.25, -0.2) is 0 Å². The molecule has 0 heterocycles. The Bertz CT molecular complexity index is 96.4. The minimum absolute atomic E-state index is 0.814. The molecule has 0 spiro atoms. The molecule has 0 saturated heterocycles. The molecule has 2 nitrogen and oxygen atoms in total. The van der Waals surface area contributed by atoms with Gasteiger partial charge in [-0.05, 0) is 27.2 Å². The molecule has 0 bridgehead atoms. The molecule has 0 N–H and O–H groups in total. The van der Waals surface area contributed by atoms with Crippen LogP contribution in [0.2, 0.25) is 0 Å². The van der Waals surface area contributed by atoms with Crippen LogP contribution in [0.5, 0.6) is 0 Å². The van der Waals surface area contributed by atoms with Crippen LogP contribution in [0.4, 0.5) is 0 Å². The second-order valence-electron chi connectivity index (χ2n) is 2.82. The lowest BCUT2D eigenvalue weighted by molar-refractivity contribution is 0.428. The number of hydrogen-bond donors (Lipinski definition) is 0. The maximum atomic E-state index is 5.89. The van der Waals surface area contributed by atoms with Gasteiger partial charge in [-0.15, -0.1) is 11.6 Å². The molecule has 0 aliphatic heterocycles. The van der Waals surface area contributed by atoms with Crippen LogP contribution < -0.4 is 0 Å². The molecule has 0 aliphatic rings. The van der Waals surface area contributed by atoms with Crippen molar-refractivity contribution < 1.29 is 0 Å². The minimum atomic E-state index is -0.969. The fourth-order valence-corrected chi connectivity index (χ4v) is 4.59. The summed E-state index contributed by atoms with van der Waals surface area (Å²) in [5, 5.41) is 0. The van der Waals surface area contributed by atoms with Crippen LogP contribution in [0.25, 0.3) is 0 Å². The van der Waals surface area contributed by atoms with Crippen molar-refractivity contribution >= 4 is 20.7 Å². The van der Waals surface area contributed by atoms with Crippen LogP contribution in [-0.4, -0.2) is 50.9 Å². The van der Waals surface area contributed by atoms with E-state index in [4.69, 9.17) is 11.6 Å². The molecule has 0 amide bonds. The van der Waals surface area contributed by atoms with E-state index in [9.17, 15) is 0 Å². The average molecular weight is 195 g/mol. The molecule has 0 saturated carbocycles. The molecule has 0 aromatic carbocycles. The lowest BCUT2D eigenvalue weighted by atomic mass is 10.7. The predicted molar refractivity (Wildman–Crippen MR) is 54.5 cm³/mol. The van der Waals surface area contributed by atoms with E-state index < -0.39 is 9.12 Å². The van der Waals surface area contributed by atoms with E-state index in [1.807, 2.05) is 0 Å². The molecule has 1 unspecified atom stereocenters. The van der Waals surface area contributed by atoms with Gasteiger partial charge in [0.1, 0.15) is 0 Å². The van der Waals surface area contributed by atoms with Gasteiger partial charge in [0, 0.05) is 5.50 Å². The number of hydrogen-bond acceptors (Lipinski definition) is 2. The van der Waals surface area contributed by atoms with Gasteiger partial charge in [0.15, 0.2) is 0 Å². The fourth-order valence-electron chi connectivity index (χ4n) is 1.21. The molecule has 68 valence electrons. The van der Waals surface area contributed by atoms with Gasteiger partial charge in [0.2, 0.25) is 9.12 Å². The highest BCUT2D eigenvalue weighted by Gasteiger charge is 2.18. The topological polar surface area (TPSA) is 6.48 Å². The monoisotopic (exact) mass is 194 g/mol. The molecule has 0 aromatic heterocycles. The van der Waals surface area contributed by atoms with Crippen molar-refractivity contribution in [3.8, 4) is 0 Å². The third-order valence-electron chi connectivity index (χ3n) is 1.97. The first-order valence-electron chi connectivity index (χ1n) is 4.13. The van der Waals surface area contributed by atoms with E-state index in [-0.39, 0.29) is 0 Å². The highest BCUT2D eigenvalue weighted by molar-refractivity contribution is 6.62. The Morgan fingerprint density at radius 1 is 1.18 bits per heavy atom. The maximum Gasteiger partial charge on any atom is 0.204 e. The molecular formula is C7H19ClN2Si. The molecule has 4 heteroatoms. The summed E-state index contributed by atoms with van der Waals surface area (Å²) in [6.07, 6.45) is 0. The number of halogens is 1. The van der Waals surface area contributed by atoms with Crippen molar-refractivity contribution in [1.29, 1.82) is 0 Å². The Hall–Kier alpha value is 0.427. The van der Waals surface area contributed by atoms with Crippen LogP contribution in [0.1, 0.15) is 13.8 Å². The average Bonchev–Trinajstić information content (AvgIpc) is 1.99. The molecule has 11 heavy (non-hydrogen) atoms. The minimum Gasteiger partial charge on any atom is -0.319 e. The summed E-state index contributed by atoms with van der Waals surface area (Å²) >= 11 is 5.89. The van der Waals surface area contributed by atoms with Gasteiger partial charge in [0.25, 0.3) is 0 Å². The third kappa shape index (κ3) is 3.56. The second-order valence-corrected chi connectivity index (χ2v) is 6.78. The van der Waals surface area contributed by atoms with Crippen LogP contribution >= 0.6 is 11.6 Å². The molecule has 0 aliphatic carbocycles. The van der Waals surface area contributed by atoms with E-state index in [0.29, 0.717) is 0 Å². The highest BCUT2D eigenvalue weighted by Crippen LogP contribution is 1.99. The van der Waals surface area contributed by atoms with E-state index >= 15 is 0 Å². The van der Waals surface area contributed by atoms with Gasteiger partial charge in [-0.3, -0.25) is 0 Å². The quantitative estimate of drug-likeness (QED) is 0.474. The summed E-state index contributed by atoms with van der Waals surface area (Å²) in [7, 11) is 3.28. The van der Waals surface area contributed by atoms with Crippen LogP contribution in [0.3, 0.4) is 0 Å². The number of alkyl halides is 1. The summed E-state index contributed by atoms with van der Waals surface area (Å²) in [6, 6.07) is 0. The van der Waals surface area contributed by atoms with Crippen molar-refractivity contribution in [2.75, 3.05) is 32.7 Å². The van der Waals surface area contributed by atoms with Gasteiger partial charge in [-0.2, -0.15) is 0 Å². The zero-order chi connectivity index (χ0) is 8.85. The van der Waals surface area contributed by atoms with Crippen molar-refractivity contribution in [3.05, 3.63) is 0 Å². The van der Waals surface area contributed by atoms with E-state index in [2.05, 4.69) is 37.1 Å². The molecule has 0 fully saturated rings. The van der Waals surface area contributed by atoms with E-state index in [0.717, 1.165) is 18.6 Å². The van der Waals surface area contributed by atoms with Gasteiger partial charge in [0.05, 0.1) is 0 Å². The fraction of sp³-hybridized carbons (Fsp3) is 1.00. The predicted octanol–water partition coefficient (Wildman–Crippen LogP) is 0.888. The van der Waals surface area contributed by atoms with E-state index in [1.54, 1.807) is 0 Å². The molecule has 0 aromatic rings.